The number of aromatic nitrogens is 1. The first-order valence-electron chi connectivity index (χ1n) is 6.16. The molecule has 4 heteroatoms. The van der Waals surface area contributed by atoms with Crippen molar-refractivity contribution in [3.8, 4) is 0 Å². The second-order valence-corrected chi connectivity index (χ2v) is 4.60. The first-order valence-corrected chi connectivity index (χ1v) is 6.16. The zero-order valence-electron chi connectivity index (χ0n) is 10.5. The van der Waals surface area contributed by atoms with Gasteiger partial charge in [-0.25, -0.2) is 8.78 Å². The summed E-state index contributed by atoms with van der Waals surface area (Å²) in [6.45, 7) is 0.390. The molecule has 0 aliphatic heterocycles. The van der Waals surface area contributed by atoms with Gasteiger partial charge in [0.2, 0.25) is 0 Å². The standard InChI is InChI=1S/C16H11F2NO/c17-13-4-1-11(2-5-13)9-19-15(10-20)7-12-3-6-14(18)8-16(12)19/h1-8,10H,9H2. The van der Waals surface area contributed by atoms with Crippen molar-refractivity contribution in [1.82, 2.24) is 4.57 Å². The highest BCUT2D eigenvalue weighted by atomic mass is 19.1. The van der Waals surface area contributed by atoms with Crippen molar-refractivity contribution in [3.63, 3.8) is 0 Å². The number of fused-ring (bicyclic) bond motifs is 1. The largest absolute Gasteiger partial charge is 0.334 e. The summed E-state index contributed by atoms with van der Waals surface area (Å²) < 4.78 is 28.0. The van der Waals surface area contributed by atoms with Crippen molar-refractivity contribution in [2.45, 2.75) is 6.54 Å². The van der Waals surface area contributed by atoms with Crippen molar-refractivity contribution < 1.29 is 13.6 Å². The summed E-state index contributed by atoms with van der Waals surface area (Å²) in [6, 6.07) is 12.1. The number of carbonyl (C=O) groups excluding carboxylic acids is 1. The molecule has 0 fully saturated rings. The Morgan fingerprint density at radius 1 is 0.950 bits per heavy atom. The zero-order valence-corrected chi connectivity index (χ0v) is 10.5. The highest BCUT2D eigenvalue weighted by molar-refractivity contribution is 5.89. The number of benzene rings is 2. The van der Waals surface area contributed by atoms with Gasteiger partial charge in [-0.2, -0.15) is 0 Å². The van der Waals surface area contributed by atoms with Gasteiger partial charge in [0.25, 0.3) is 0 Å². The van der Waals surface area contributed by atoms with Gasteiger partial charge in [0.05, 0.1) is 11.2 Å². The molecular formula is C16H11F2NO. The molecule has 0 unspecified atom stereocenters. The first kappa shape index (κ1) is 12.5. The summed E-state index contributed by atoms with van der Waals surface area (Å²) >= 11 is 0. The Bertz CT molecular complexity index is 775. The maximum Gasteiger partial charge on any atom is 0.166 e. The molecule has 0 aliphatic rings. The third kappa shape index (κ3) is 2.20. The van der Waals surface area contributed by atoms with Crippen molar-refractivity contribution in [1.29, 1.82) is 0 Å². The number of hydrogen-bond donors (Lipinski definition) is 0. The molecule has 0 N–H and O–H groups in total. The number of carbonyl (C=O) groups is 1. The Morgan fingerprint density at radius 3 is 2.35 bits per heavy atom. The number of aldehydes is 1. The van der Waals surface area contributed by atoms with Gasteiger partial charge in [-0.05, 0) is 42.0 Å². The summed E-state index contributed by atoms with van der Waals surface area (Å²) in [7, 11) is 0. The van der Waals surface area contributed by atoms with Crippen LogP contribution in [0.15, 0.2) is 48.5 Å². The summed E-state index contributed by atoms with van der Waals surface area (Å²) in [5.74, 6) is -0.666. The van der Waals surface area contributed by atoms with Crippen molar-refractivity contribution in [3.05, 3.63) is 71.4 Å². The lowest BCUT2D eigenvalue weighted by Gasteiger charge is -2.08. The minimum atomic E-state index is -0.353. The normalized spacial score (nSPS) is 10.9. The lowest BCUT2D eigenvalue weighted by molar-refractivity contribution is 0.111. The Labute approximate surface area is 114 Å². The molecule has 20 heavy (non-hydrogen) atoms. The third-order valence-electron chi connectivity index (χ3n) is 3.27. The lowest BCUT2D eigenvalue weighted by Crippen LogP contribution is -2.03. The number of nitrogens with zero attached hydrogens (tertiary/aromatic N) is 1. The van der Waals surface area contributed by atoms with Crippen LogP contribution in [0.25, 0.3) is 10.9 Å². The molecule has 100 valence electrons. The lowest BCUT2D eigenvalue weighted by atomic mass is 10.2. The maximum absolute atomic E-state index is 13.4. The van der Waals surface area contributed by atoms with Crippen LogP contribution in [-0.2, 0) is 6.54 Å². The molecule has 2 nitrogen and oxygen atoms in total. The average molecular weight is 271 g/mol. The van der Waals surface area contributed by atoms with Gasteiger partial charge >= 0.3 is 0 Å². The minimum Gasteiger partial charge on any atom is -0.334 e. The van der Waals surface area contributed by atoms with Gasteiger partial charge in [-0.1, -0.05) is 12.1 Å². The molecule has 3 aromatic rings. The Hall–Kier alpha value is -2.49. The summed E-state index contributed by atoms with van der Waals surface area (Å²) in [5.41, 5.74) is 1.96. The summed E-state index contributed by atoms with van der Waals surface area (Å²) in [5, 5.41) is 0.801. The van der Waals surface area contributed by atoms with Gasteiger partial charge in [-0.15, -0.1) is 0 Å². The molecule has 2 aromatic carbocycles. The van der Waals surface area contributed by atoms with Crippen LogP contribution in [0, 0.1) is 11.6 Å². The SMILES string of the molecule is O=Cc1cc2ccc(F)cc2n1Cc1ccc(F)cc1. The van der Waals surface area contributed by atoms with Gasteiger partial charge in [0.1, 0.15) is 11.6 Å². The molecule has 0 radical (unpaired) electrons. The molecule has 1 aromatic heterocycles. The van der Waals surface area contributed by atoms with E-state index in [0.717, 1.165) is 17.2 Å². The van der Waals surface area contributed by atoms with Crippen LogP contribution in [0.1, 0.15) is 16.1 Å². The van der Waals surface area contributed by atoms with Crippen LogP contribution in [-0.4, -0.2) is 10.9 Å². The molecule has 3 rings (SSSR count). The monoisotopic (exact) mass is 271 g/mol. The van der Waals surface area contributed by atoms with Crippen LogP contribution in [0.3, 0.4) is 0 Å². The van der Waals surface area contributed by atoms with Gasteiger partial charge in [-0.3, -0.25) is 4.79 Å². The molecular weight excluding hydrogens is 260 g/mol. The third-order valence-corrected chi connectivity index (χ3v) is 3.27. The molecule has 0 amide bonds. The smallest absolute Gasteiger partial charge is 0.166 e. The molecule has 0 atom stereocenters. The highest BCUT2D eigenvalue weighted by Gasteiger charge is 2.09. The van der Waals surface area contributed by atoms with E-state index in [-0.39, 0.29) is 11.6 Å². The van der Waals surface area contributed by atoms with Crippen LogP contribution in [0.2, 0.25) is 0 Å². The quantitative estimate of drug-likeness (QED) is 0.664. The number of halogens is 2. The van der Waals surface area contributed by atoms with Crippen molar-refractivity contribution >= 4 is 17.2 Å². The summed E-state index contributed by atoms with van der Waals surface area (Å²) in [4.78, 5) is 11.2. The van der Waals surface area contributed by atoms with E-state index >= 15 is 0 Å². The average Bonchev–Trinajstić information content (AvgIpc) is 2.79. The van der Waals surface area contributed by atoms with Crippen LogP contribution >= 0.6 is 0 Å². The minimum absolute atomic E-state index is 0.312. The van der Waals surface area contributed by atoms with E-state index in [1.54, 1.807) is 28.8 Å². The molecule has 0 spiro atoms. The maximum atomic E-state index is 13.4. The van der Waals surface area contributed by atoms with E-state index in [2.05, 4.69) is 0 Å². The van der Waals surface area contributed by atoms with Gasteiger partial charge in [0.15, 0.2) is 6.29 Å². The van der Waals surface area contributed by atoms with Crippen LogP contribution in [0.4, 0.5) is 8.78 Å². The van der Waals surface area contributed by atoms with Crippen LogP contribution in [0.5, 0.6) is 0 Å². The van der Waals surface area contributed by atoms with Crippen LogP contribution < -0.4 is 0 Å². The predicted octanol–water partition coefficient (Wildman–Crippen LogP) is 3.78. The number of rotatable bonds is 3. The fraction of sp³-hybridized carbons (Fsp3) is 0.0625. The van der Waals surface area contributed by atoms with Gasteiger partial charge < -0.3 is 4.57 Å². The molecule has 0 aliphatic carbocycles. The van der Waals surface area contributed by atoms with Gasteiger partial charge in [0, 0.05) is 11.9 Å². The second kappa shape index (κ2) is 4.89. The molecule has 1 heterocycles. The fourth-order valence-corrected chi connectivity index (χ4v) is 2.30. The topological polar surface area (TPSA) is 22.0 Å². The summed E-state index contributed by atoms with van der Waals surface area (Å²) in [6.07, 6.45) is 0.738. The molecule has 0 saturated carbocycles. The van der Waals surface area contributed by atoms with E-state index in [9.17, 15) is 13.6 Å². The predicted molar refractivity (Wildman–Crippen MR) is 72.8 cm³/mol. The number of hydrogen-bond acceptors (Lipinski definition) is 1. The Morgan fingerprint density at radius 2 is 1.65 bits per heavy atom. The Balaban J connectivity index is 2.11. The molecule has 0 bridgehead atoms. The van der Waals surface area contributed by atoms with Crippen molar-refractivity contribution in [2.75, 3.05) is 0 Å². The first-order chi connectivity index (χ1) is 9.67. The van der Waals surface area contributed by atoms with E-state index in [1.165, 1.54) is 24.3 Å². The second-order valence-electron chi connectivity index (χ2n) is 4.60. The van der Waals surface area contributed by atoms with E-state index in [0.29, 0.717) is 17.8 Å². The van der Waals surface area contributed by atoms with E-state index in [4.69, 9.17) is 0 Å². The van der Waals surface area contributed by atoms with Crippen molar-refractivity contribution in [2.24, 2.45) is 0 Å². The van der Waals surface area contributed by atoms with E-state index < -0.39 is 0 Å². The highest BCUT2D eigenvalue weighted by Crippen LogP contribution is 2.21. The zero-order chi connectivity index (χ0) is 14.1. The fourth-order valence-electron chi connectivity index (χ4n) is 2.30. The Kier molecular flexibility index (Phi) is 3.06. The molecule has 0 saturated heterocycles. The van der Waals surface area contributed by atoms with E-state index in [1.807, 2.05) is 0 Å².